The fraction of sp³-hybridized carbons (Fsp3) is 0.263. The molecule has 0 fully saturated rings. The lowest BCUT2D eigenvalue weighted by molar-refractivity contribution is 0.686. The Bertz CT molecular complexity index is 740. The second-order valence-corrected chi connectivity index (χ2v) is 5.72. The van der Waals surface area contributed by atoms with Crippen molar-refractivity contribution >= 4 is 10.9 Å². The maximum atomic E-state index is 3.55. The van der Waals surface area contributed by atoms with Crippen molar-refractivity contribution < 1.29 is 0 Å². The van der Waals surface area contributed by atoms with Gasteiger partial charge in [0, 0.05) is 23.6 Å². The molecular formula is C19H22N2. The number of aromatic nitrogens is 1. The van der Waals surface area contributed by atoms with Crippen molar-refractivity contribution in [2.45, 2.75) is 26.8 Å². The van der Waals surface area contributed by atoms with Gasteiger partial charge >= 0.3 is 0 Å². The van der Waals surface area contributed by atoms with Crippen LogP contribution in [0.1, 0.15) is 22.3 Å². The number of nitrogens with one attached hydrogen (secondary N) is 2. The minimum Gasteiger partial charge on any atom is -0.361 e. The molecule has 2 N–H and O–H groups in total. The van der Waals surface area contributed by atoms with Gasteiger partial charge in [-0.25, -0.2) is 0 Å². The van der Waals surface area contributed by atoms with Crippen molar-refractivity contribution in [2.24, 2.45) is 0 Å². The molecular weight excluding hydrogens is 256 g/mol. The van der Waals surface area contributed by atoms with E-state index in [9.17, 15) is 0 Å². The van der Waals surface area contributed by atoms with E-state index in [0.29, 0.717) is 0 Å². The first-order valence-corrected chi connectivity index (χ1v) is 7.56. The van der Waals surface area contributed by atoms with E-state index in [1.807, 2.05) is 0 Å². The number of aryl methyl sites for hydroxylation is 2. The highest BCUT2D eigenvalue weighted by Crippen LogP contribution is 2.17. The summed E-state index contributed by atoms with van der Waals surface area (Å²) in [5.74, 6) is 0. The van der Waals surface area contributed by atoms with E-state index in [1.54, 1.807) is 0 Å². The van der Waals surface area contributed by atoms with E-state index in [0.717, 1.165) is 19.5 Å². The summed E-state index contributed by atoms with van der Waals surface area (Å²) in [7, 11) is 0. The highest BCUT2D eigenvalue weighted by molar-refractivity contribution is 5.83. The molecule has 0 spiro atoms. The van der Waals surface area contributed by atoms with Crippen LogP contribution in [-0.2, 0) is 13.0 Å². The Balaban J connectivity index is 1.57. The average Bonchev–Trinajstić information content (AvgIpc) is 2.89. The third-order valence-electron chi connectivity index (χ3n) is 4.06. The summed E-state index contributed by atoms with van der Waals surface area (Å²) in [4.78, 5) is 3.33. The molecule has 2 aromatic carbocycles. The molecule has 21 heavy (non-hydrogen) atoms. The molecule has 0 radical (unpaired) electrons. The van der Waals surface area contributed by atoms with E-state index in [1.165, 1.54) is 33.2 Å². The van der Waals surface area contributed by atoms with Crippen LogP contribution >= 0.6 is 0 Å². The zero-order chi connectivity index (χ0) is 14.7. The van der Waals surface area contributed by atoms with Gasteiger partial charge in [0.1, 0.15) is 0 Å². The normalized spacial score (nSPS) is 11.1. The summed E-state index contributed by atoms with van der Waals surface area (Å²) in [6, 6.07) is 15.1. The number of H-pyrrole nitrogens is 1. The molecule has 3 aromatic rings. The van der Waals surface area contributed by atoms with Crippen LogP contribution in [0, 0.1) is 13.8 Å². The topological polar surface area (TPSA) is 27.8 Å². The Hall–Kier alpha value is -2.06. The number of fused-ring (bicyclic) bond motifs is 1. The van der Waals surface area contributed by atoms with Crippen molar-refractivity contribution in [2.75, 3.05) is 6.54 Å². The van der Waals surface area contributed by atoms with Gasteiger partial charge < -0.3 is 10.3 Å². The summed E-state index contributed by atoms with van der Waals surface area (Å²) in [6.07, 6.45) is 3.18. The monoisotopic (exact) mass is 278 g/mol. The first kappa shape index (κ1) is 13.9. The molecule has 1 aromatic heterocycles. The predicted octanol–water partition coefficient (Wildman–Crippen LogP) is 4.12. The predicted molar refractivity (Wildman–Crippen MR) is 89.6 cm³/mol. The summed E-state index contributed by atoms with van der Waals surface area (Å²) < 4.78 is 0. The Morgan fingerprint density at radius 3 is 2.71 bits per heavy atom. The first-order chi connectivity index (χ1) is 10.2. The van der Waals surface area contributed by atoms with Crippen LogP contribution in [0.3, 0.4) is 0 Å². The van der Waals surface area contributed by atoms with Crippen LogP contribution in [0.15, 0.2) is 48.7 Å². The van der Waals surface area contributed by atoms with Crippen molar-refractivity contribution in [3.63, 3.8) is 0 Å². The van der Waals surface area contributed by atoms with E-state index >= 15 is 0 Å². The quantitative estimate of drug-likeness (QED) is 0.675. The minimum atomic E-state index is 0.939. The molecule has 0 bridgehead atoms. The van der Waals surface area contributed by atoms with Gasteiger partial charge in [0.15, 0.2) is 0 Å². The van der Waals surface area contributed by atoms with Crippen LogP contribution in [0.4, 0.5) is 0 Å². The smallest absolute Gasteiger partial charge is 0.0456 e. The standard InChI is InChI=1S/C19H22N2/c1-14-7-8-16(15(2)11-14)12-20-10-9-17-13-21-19-6-4-3-5-18(17)19/h3-8,11,13,20-21H,9-10,12H2,1-2H3. The van der Waals surface area contributed by atoms with E-state index < -0.39 is 0 Å². The maximum absolute atomic E-state index is 3.55. The van der Waals surface area contributed by atoms with Gasteiger partial charge in [0.2, 0.25) is 0 Å². The zero-order valence-electron chi connectivity index (χ0n) is 12.7. The molecule has 2 nitrogen and oxygen atoms in total. The lowest BCUT2D eigenvalue weighted by atomic mass is 10.1. The SMILES string of the molecule is Cc1ccc(CNCCc2c[nH]c3ccccc23)c(C)c1. The van der Waals surface area contributed by atoms with E-state index in [4.69, 9.17) is 0 Å². The largest absolute Gasteiger partial charge is 0.361 e. The Morgan fingerprint density at radius 2 is 1.86 bits per heavy atom. The molecule has 0 amide bonds. The van der Waals surface area contributed by atoms with Crippen molar-refractivity contribution in [3.8, 4) is 0 Å². The van der Waals surface area contributed by atoms with E-state index in [2.05, 4.69) is 72.8 Å². The highest BCUT2D eigenvalue weighted by Gasteiger charge is 2.03. The summed E-state index contributed by atoms with van der Waals surface area (Å²) >= 11 is 0. The van der Waals surface area contributed by atoms with Crippen molar-refractivity contribution in [3.05, 3.63) is 70.9 Å². The van der Waals surface area contributed by atoms with Crippen LogP contribution in [-0.4, -0.2) is 11.5 Å². The number of hydrogen-bond donors (Lipinski definition) is 2. The number of rotatable bonds is 5. The van der Waals surface area contributed by atoms with Crippen LogP contribution in [0.25, 0.3) is 10.9 Å². The fourth-order valence-electron chi connectivity index (χ4n) is 2.83. The van der Waals surface area contributed by atoms with Gasteiger partial charge in [-0.05, 0) is 49.6 Å². The van der Waals surface area contributed by atoms with Gasteiger partial charge in [-0.3, -0.25) is 0 Å². The molecule has 3 rings (SSSR count). The number of hydrogen-bond acceptors (Lipinski definition) is 1. The summed E-state index contributed by atoms with van der Waals surface area (Å²) in [6.45, 7) is 6.26. The highest BCUT2D eigenvalue weighted by atomic mass is 14.8. The van der Waals surface area contributed by atoms with Gasteiger partial charge in [-0.15, -0.1) is 0 Å². The lowest BCUT2D eigenvalue weighted by Crippen LogP contribution is -2.17. The molecule has 108 valence electrons. The van der Waals surface area contributed by atoms with Gasteiger partial charge in [-0.2, -0.15) is 0 Å². The third kappa shape index (κ3) is 3.17. The lowest BCUT2D eigenvalue weighted by Gasteiger charge is -2.08. The van der Waals surface area contributed by atoms with E-state index in [-0.39, 0.29) is 0 Å². The molecule has 0 saturated carbocycles. The van der Waals surface area contributed by atoms with Gasteiger partial charge in [0.25, 0.3) is 0 Å². The number of aromatic amines is 1. The van der Waals surface area contributed by atoms with Crippen LogP contribution in [0.2, 0.25) is 0 Å². The second-order valence-electron chi connectivity index (χ2n) is 5.72. The molecule has 0 saturated heterocycles. The third-order valence-corrected chi connectivity index (χ3v) is 4.06. The van der Waals surface area contributed by atoms with Crippen molar-refractivity contribution in [1.82, 2.24) is 10.3 Å². The first-order valence-electron chi connectivity index (χ1n) is 7.56. The molecule has 0 aliphatic heterocycles. The minimum absolute atomic E-state index is 0.939. The molecule has 1 heterocycles. The van der Waals surface area contributed by atoms with Crippen LogP contribution in [0.5, 0.6) is 0 Å². The molecule has 0 unspecified atom stereocenters. The molecule has 0 aliphatic carbocycles. The summed E-state index contributed by atoms with van der Waals surface area (Å²) in [5, 5.41) is 4.89. The molecule has 2 heteroatoms. The Morgan fingerprint density at radius 1 is 1.00 bits per heavy atom. The maximum Gasteiger partial charge on any atom is 0.0456 e. The fourth-order valence-corrected chi connectivity index (χ4v) is 2.83. The van der Waals surface area contributed by atoms with Crippen LogP contribution < -0.4 is 5.32 Å². The zero-order valence-corrected chi connectivity index (χ0v) is 12.7. The average molecular weight is 278 g/mol. The van der Waals surface area contributed by atoms with Gasteiger partial charge in [0.05, 0.1) is 0 Å². The van der Waals surface area contributed by atoms with Gasteiger partial charge in [-0.1, -0.05) is 42.0 Å². The molecule has 0 atom stereocenters. The second kappa shape index (κ2) is 6.15. The van der Waals surface area contributed by atoms with Crippen molar-refractivity contribution in [1.29, 1.82) is 0 Å². The number of benzene rings is 2. The molecule has 0 aliphatic rings. The Labute approximate surface area is 126 Å². The summed E-state index contributed by atoms with van der Waals surface area (Å²) in [5.41, 5.74) is 6.70. The Kier molecular flexibility index (Phi) is 4.07. The number of para-hydroxylation sites is 1.